The summed E-state index contributed by atoms with van der Waals surface area (Å²) in [4.78, 5) is 27.2. The molecule has 0 bridgehead atoms. The minimum absolute atomic E-state index is 0.0950. The molecule has 1 amide bonds. The van der Waals surface area contributed by atoms with Crippen LogP contribution in [0.2, 0.25) is 0 Å². The quantitative estimate of drug-likeness (QED) is 0.665. The van der Waals surface area contributed by atoms with E-state index in [0.717, 1.165) is 17.8 Å². The number of nitrogens with zero attached hydrogens (tertiary/aromatic N) is 5. The van der Waals surface area contributed by atoms with Crippen molar-refractivity contribution in [1.82, 2.24) is 24.5 Å². The van der Waals surface area contributed by atoms with Crippen LogP contribution in [0.15, 0.2) is 30.2 Å². The van der Waals surface area contributed by atoms with E-state index in [-0.39, 0.29) is 17.9 Å². The maximum Gasteiger partial charge on any atom is 0.338 e. The SMILES string of the molecule is CCn1cc(-c2csc(NC(=O)CCn3cc(C(=O)O)cn3)n2)cn1. The van der Waals surface area contributed by atoms with Gasteiger partial charge in [-0.3, -0.25) is 14.2 Å². The maximum absolute atomic E-state index is 12.0. The molecule has 0 fully saturated rings. The number of carboxylic acids is 1. The van der Waals surface area contributed by atoms with Crippen LogP contribution in [-0.2, 0) is 17.9 Å². The Kier molecular flexibility index (Phi) is 4.89. The Balaban J connectivity index is 1.55. The van der Waals surface area contributed by atoms with Gasteiger partial charge < -0.3 is 10.4 Å². The van der Waals surface area contributed by atoms with Crippen LogP contribution in [0.3, 0.4) is 0 Å². The highest BCUT2D eigenvalue weighted by Crippen LogP contribution is 2.24. The van der Waals surface area contributed by atoms with Gasteiger partial charge in [0.15, 0.2) is 5.13 Å². The lowest BCUT2D eigenvalue weighted by atomic mass is 10.3. The highest BCUT2D eigenvalue weighted by atomic mass is 32.1. The van der Waals surface area contributed by atoms with Gasteiger partial charge in [-0.2, -0.15) is 10.2 Å². The number of aryl methyl sites for hydroxylation is 2. The molecule has 0 saturated heterocycles. The Morgan fingerprint density at radius 3 is 2.72 bits per heavy atom. The van der Waals surface area contributed by atoms with Crippen LogP contribution >= 0.6 is 11.3 Å². The first-order valence-electron chi connectivity index (χ1n) is 7.59. The molecule has 25 heavy (non-hydrogen) atoms. The molecular formula is C15H16N6O3S. The molecular weight excluding hydrogens is 344 g/mol. The van der Waals surface area contributed by atoms with Crippen molar-refractivity contribution in [2.24, 2.45) is 0 Å². The normalized spacial score (nSPS) is 10.8. The van der Waals surface area contributed by atoms with Gasteiger partial charge in [-0.1, -0.05) is 0 Å². The van der Waals surface area contributed by atoms with Crippen molar-refractivity contribution in [1.29, 1.82) is 0 Å². The first-order valence-corrected chi connectivity index (χ1v) is 8.47. The summed E-state index contributed by atoms with van der Waals surface area (Å²) in [5.41, 5.74) is 1.76. The molecule has 3 aromatic heterocycles. The molecule has 0 saturated carbocycles. The van der Waals surface area contributed by atoms with Gasteiger partial charge in [0.2, 0.25) is 5.91 Å². The Bertz CT molecular complexity index is 897. The fraction of sp³-hybridized carbons (Fsp3) is 0.267. The molecule has 3 rings (SSSR count). The first-order chi connectivity index (χ1) is 12.0. The second-order valence-corrected chi connectivity index (χ2v) is 6.08. The molecule has 0 unspecified atom stereocenters. The number of carboxylic acid groups (broad SMARTS) is 1. The summed E-state index contributed by atoms with van der Waals surface area (Å²) in [5.74, 6) is -1.25. The predicted molar refractivity (Wildman–Crippen MR) is 91.4 cm³/mol. The molecule has 10 heteroatoms. The van der Waals surface area contributed by atoms with Gasteiger partial charge in [-0.15, -0.1) is 11.3 Å². The van der Waals surface area contributed by atoms with Crippen LogP contribution in [0.4, 0.5) is 5.13 Å². The van der Waals surface area contributed by atoms with E-state index in [0.29, 0.717) is 11.7 Å². The van der Waals surface area contributed by atoms with Gasteiger partial charge in [-0.05, 0) is 6.92 Å². The van der Waals surface area contributed by atoms with Gasteiger partial charge >= 0.3 is 5.97 Å². The number of carbonyl (C=O) groups excluding carboxylic acids is 1. The Hall–Kier alpha value is -3.01. The van der Waals surface area contributed by atoms with Gasteiger partial charge in [0.05, 0.1) is 23.7 Å². The van der Waals surface area contributed by atoms with E-state index >= 15 is 0 Å². The molecule has 0 radical (unpaired) electrons. The monoisotopic (exact) mass is 360 g/mol. The molecule has 3 heterocycles. The lowest BCUT2D eigenvalue weighted by molar-refractivity contribution is -0.116. The maximum atomic E-state index is 12.0. The molecule has 0 spiro atoms. The lowest BCUT2D eigenvalue weighted by Gasteiger charge is -2.02. The standard InChI is InChI=1S/C15H16N6O3S/c1-2-20-7-10(5-16-20)12-9-25-15(18-12)19-13(22)3-4-21-8-11(6-17-21)14(23)24/h5-9H,2-4H2,1H3,(H,23,24)(H,18,19,22). The number of amides is 1. The van der Waals surface area contributed by atoms with Crippen LogP contribution in [-0.4, -0.2) is 41.5 Å². The van der Waals surface area contributed by atoms with E-state index in [4.69, 9.17) is 5.11 Å². The van der Waals surface area contributed by atoms with Gasteiger partial charge in [0.25, 0.3) is 0 Å². The van der Waals surface area contributed by atoms with E-state index < -0.39 is 5.97 Å². The molecule has 9 nitrogen and oxygen atoms in total. The zero-order valence-electron chi connectivity index (χ0n) is 13.4. The number of aromatic nitrogens is 5. The smallest absolute Gasteiger partial charge is 0.338 e. The second-order valence-electron chi connectivity index (χ2n) is 5.22. The van der Waals surface area contributed by atoms with Crippen LogP contribution in [0, 0.1) is 0 Å². The first kappa shape index (κ1) is 16.8. The highest BCUT2D eigenvalue weighted by Gasteiger charge is 2.11. The van der Waals surface area contributed by atoms with Crippen LogP contribution in [0.1, 0.15) is 23.7 Å². The number of anilines is 1. The third-order valence-electron chi connectivity index (χ3n) is 3.45. The number of hydrogen-bond donors (Lipinski definition) is 2. The van der Waals surface area contributed by atoms with Crippen LogP contribution in [0.5, 0.6) is 0 Å². The highest BCUT2D eigenvalue weighted by molar-refractivity contribution is 7.14. The number of aromatic carboxylic acids is 1. The molecule has 0 aromatic carbocycles. The van der Waals surface area contributed by atoms with Gasteiger partial charge in [-0.25, -0.2) is 9.78 Å². The van der Waals surface area contributed by atoms with E-state index in [9.17, 15) is 9.59 Å². The van der Waals surface area contributed by atoms with Crippen molar-refractivity contribution in [3.63, 3.8) is 0 Å². The average molecular weight is 360 g/mol. The van der Waals surface area contributed by atoms with E-state index in [1.165, 1.54) is 28.4 Å². The Morgan fingerprint density at radius 1 is 1.24 bits per heavy atom. The van der Waals surface area contributed by atoms with Gasteiger partial charge in [0, 0.05) is 42.8 Å². The van der Waals surface area contributed by atoms with Crippen molar-refractivity contribution in [2.75, 3.05) is 5.32 Å². The average Bonchev–Trinajstić information content (AvgIpc) is 3.32. The summed E-state index contributed by atoms with van der Waals surface area (Å²) < 4.78 is 3.23. The fourth-order valence-corrected chi connectivity index (χ4v) is 2.86. The predicted octanol–water partition coefficient (Wildman–Crippen LogP) is 1.95. The summed E-state index contributed by atoms with van der Waals surface area (Å²) >= 11 is 1.34. The fourth-order valence-electron chi connectivity index (χ4n) is 2.13. The summed E-state index contributed by atoms with van der Waals surface area (Å²) in [6.07, 6.45) is 6.45. The molecule has 130 valence electrons. The zero-order chi connectivity index (χ0) is 17.8. The minimum Gasteiger partial charge on any atom is -0.478 e. The lowest BCUT2D eigenvalue weighted by Crippen LogP contribution is -2.14. The molecule has 0 aliphatic heterocycles. The molecule has 0 aliphatic carbocycles. The summed E-state index contributed by atoms with van der Waals surface area (Å²) in [7, 11) is 0. The third-order valence-corrected chi connectivity index (χ3v) is 4.21. The summed E-state index contributed by atoms with van der Waals surface area (Å²) in [6.45, 7) is 3.08. The second kappa shape index (κ2) is 7.26. The minimum atomic E-state index is -1.04. The van der Waals surface area contributed by atoms with E-state index in [1.807, 2.05) is 23.2 Å². The van der Waals surface area contributed by atoms with Crippen molar-refractivity contribution >= 4 is 28.3 Å². The number of thiazole rings is 1. The number of nitrogens with one attached hydrogen (secondary N) is 1. The Labute approximate surface area is 146 Å². The van der Waals surface area contributed by atoms with Crippen LogP contribution in [0.25, 0.3) is 11.3 Å². The Morgan fingerprint density at radius 2 is 2.04 bits per heavy atom. The summed E-state index contributed by atoms with van der Waals surface area (Å²) in [5, 5.41) is 22.1. The van der Waals surface area contributed by atoms with E-state index in [1.54, 1.807) is 6.20 Å². The molecule has 0 atom stereocenters. The van der Waals surface area contributed by atoms with Crippen molar-refractivity contribution in [3.05, 3.63) is 35.7 Å². The number of carbonyl (C=O) groups is 2. The summed E-state index contributed by atoms with van der Waals surface area (Å²) in [6, 6.07) is 0. The number of hydrogen-bond acceptors (Lipinski definition) is 6. The molecule has 2 N–H and O–H groups in total. The van der Waals surface area contributed by atoms with Crippen molar-refractivity contribution in [3.8, 4) is 11.3 Å². The third kappa shape index (κ3) is 4.10. The van der Waals surface area contributed by atoms with E-state index in [2.05, 4.69) is 20.5 Å². The topological polar surface area (TPSA) is 115 Å². The largest absolute Gasteiger partial charge is 0.478 e. The van der Waals surface area contributed by atoms with Crippen LogP contribution < -0.4 is 5.32 Å². The number of rotatable bonds is 7. The van der Waals surface area contributed by atoms with Crippen molar-refractivity contribution in [2.45, 2.75) is 26.4 Å². The molecule has 3 aromatic rings. The molecule has 0 aliphatic rings. The van der Waals surface area contributed by atoms with Crippen molar-refractivity contribution < 1.29 is 14.7 Å². The zero-order valence-corrected chi connectivity index (χ0v) is 14.2. The van der Waals surface area contributed by atoms with Gasteiger partial charge in [0.1, 0.15) is 0 Å².